The highest BCUT2D eigenvalue weighted by Crippen LogP contribution is 2.18. The van der Waals surface area contributed by atoms with E-state index in [4.69, 9.17) is 9.47 Å². The maximum Gasteiger partial charge on any atom is 0.0587 e. The van der Waals surface area contributed by atoms with Crippen LogP contribution in [0.2, 0.25) is 0 Å². The minimum atomic E-state index is 0.384. The van der Waals surface area contributed by atoms with Crippen LogP contribution in [0.25, 0.3) is 0 Å². The summed E-state index contributed by atoms with van der Waals surface area (Å²) in [4.78, 5) is 0. The van der Waals surface area contributed by atoms with Gasteiger partial charge < -0.3 is 14.8 Å². The van der Waals surface area contributed by atoms with Gasteiger partial charge in [-0.1, -0.05) is 28.1 Å². The zero-order chi connectivity index (χ0) is 13.2. The summed E-state index contributed by atoms with van der Waals surface area (Å²) in [5, 5.41) is 3.39. The second-order valence-corrected chi connectivity index (χ2v) is 5.02. The quantitative estimate of drug-likeness (QED) is 0.711. The predicted octanol–water partition coefficient (Wildman–Crippen LogP) is 2.81. The fourth-order valence-electron chi connectivity index (χ4n) is 1.72. The molecule has 3 nitrogen and oxygen atoms in total. The Hall–Kier alpha value is -0.420. The van der Waals surface area contributed by atoms with Crippen LogP contribution in [0.15, 0.2) is 28.7 Å². The van der Waals surface area contributed by atoms with Gasteiger partial charge in [-0.25, -0.2) is 0 Å². The highest BCUT2D eigenvalue weighted by atomic mass is 79.9. The third kappa shape index (κ3) is 5.96. The van der Waals surface area contributed by atoms with Gasteiger partial charge in [0.05, 0.1) is 13.2 Å². The van der Waals surface area contributed by atoms with Crippen molar-refractivity contribution < 1.29 is 9.47 Å². The fraction of sp³-hybridized carbons (Fsp3) is 0.571. The van der Waals surface area contributed by atoms with Gasteiger partial charge in [-0.15, -0.1) is 0 Å². The fourth-order valence-corrected chi connectivity index (χ4v) is 1.98. The maximum atomic E-state index is 5.55. The Labute approximate surface area is 118 Å². The molecule has 0 amide bonds. The first-order valence-corrected chi connectivity index (χ1v) is 7.10. The van der Waals surface area contributed by atoms with Crippen LogP contribution in [0.5, 0.6) is 0 Å². The summed E-state index contributed by atoms with van der Waals surface area (Å²) < 4.78 is 11.7. The number of hydrogen-bond acceptors (Lipinski definition) is 3. The molecule has 0 aliphatic carbocycles. The number of ether oxygens (including phenoxy) is 2. The first-order chi connectivity index (χ1) is 8.77. The molecule has 0 spiro atoms. The zero-order valence-corrected chi connectivity index (χ0v) is 12.7. The van der Waals surface area contributed by atoms with E-state index in [2.05, 4.69) is 45.5 Å². The van der Waals surface area contributed by atoms with E-state index in [1.54, 1.807) is 7.11 Å². The molecule has 1 aromatic rings. The number of hydrogen-bond donors (Lipinski definition) is 1. The van der Waals surface area contributed by atoms with Crippen molar-refractivity contribution >= 4 is 15.9 Å². The third-order valence-electron chi connectivity index (χ3n) is 2.74. The number of methoxy groups -OCH3 is 1. The molecule has 0 heterocycles. The Kier molecular flexibility index (Phi) is 8.25. The molecule has 0 bridgehead atoms. The Bertz CT molecular complexity index is 316. The molecule has 102 valence electrons. The summed E-state index contributed by atoms with van der Waals surface area (Å²) in [6, 6.07) is 8.43. The van der Waals surface area contributed by atoms with Gasteiger partial charge in [-0.05, 0) is 24.6 Å². The summed E-state index contributed by atoms with van der Waals surface area (Å²) in [6.07, 6.45) is 0. The Morgan fingerprint density at radius 3 is 2.61 bits per heavy atom. The first-order valence-electron chi connectivity index (χ1n) is 6.30. The van der Waals surface area contributed by atoms with Gasteiger partial charge in [-0.2, -0.15) is 0 Å². The van der Waals surface area contributed by atoms with E-state index in [1.807, 2.05) is 6.92 Å². The molecular weight excluding hydrogens is 294 g/mol. The van der Waals surface area contributed by atoms with Gasteiger partial charge >= 0.3 is 0 Å². The van der Waals surface area contributed by atoms with Crippen LogP contribution in [-0.4, -0.2) is 40.0 Å². The number of halogens is 1. The molecule has 1 atom stereocenters. The van der Waals surface area contributed by atoms with Crippen molar-refractivity contribution in [3.05, 3.63) is 34.3 Å². The van der Waals surface area contributed by atoms with E-state index in [-0.39, 0.29) is 0 Å². The molecule has 18 heavy (non-hydrogen) atoms. The van der Waals surface area contributed by atoms with Crippen LogP contribution >= 0.6 is 15.9 Å². The molecule has 0 fully saturated rings. The van der Waals surface area contributed by atoms with Gasteiger partial charge in [0.15, 0.2) is 0 Å². The average Bonchev–Trinajstić information content (AvgIpc) is 2.39. The van der Waals surface area contributed by atoms with Crippen molar-refractivity contribution in [3.63, 3.8) is 0 Å². The monoisotopic (exact) mass is 315 g/mol. The van der Waals surface area contributed by atoms with Crippen molar-refractivity contribution in [3.8, 4) is 0 Å². The molecule has 0 aromatic heterocycles. The van der Waals surface area contributed by atoms with Gasteiger partial charge in [0.2, 0.25) is 0 Å². The lowest BCUT2D eigenvalue weighted by molar-refractivity contribution is 0.130. The highest BCUT2D eigenvalue weighted by molar-refractivity contribution is 9.10. The normalized spacial score (nSPS) is 12.6. The second kappa shape index (κ2) is 9.50. The second-order valence-electron chi connectivity index (χ2n) is 4.10. The van der Waals surface area contributed by atoms with Crippen LogP contribution in [-0.2, 0) is 9.47 Å². The minimum Gasteiger partial charge on any atom is -0.383 e. The standard InChI is InChI=1S/C14H22BrNO2/c1-3-18-11-13(10-16-8-9-17-2)12-4-6-14(15)7-5-12/h4-7,13,16H,3,8-11H2,1-2H3. The molecule has 0 saturated carbocycles. The van der Waals surface area contributed by atoms with E-state index in [9.17, 15) is 0 Å². The maximum absolute atomic E-state index is 5.55. The van der Waals surface area contributed by atoms with Gasteiger partial charge in [0.25, 0.3) is 0 Å². The smallest absolute Gasteiger partial charge is 0.0587 e. The highest BCUT2D eigenvalue weighted by Gasteiger charge is 2.11. The van der Waals surface area contributed by atoms with E-state index in [1.165, 1.54) is 5.56 Å². The topological polar surface area (TPSA) is 30.5 Å². The van der Waals surface area contributed by atoms with Crippen LogP contribution in [0.4, 0.5) is 0 Å². The van der Waals surface area contributed by atoms with Crippen LogP contribution in [0.1, 0.15) is 18.4 Å². The van der Waals surface area contributed by atoms with Crippen molar-refractivity contribution in [2.45, 2.75) is 12.8 Å². The number of rotatable bonds is 9. The molecule has 0 saturated heterocycles. The molecule has 0 aliphatic heterocycles. The lowest BCUT2D eigenvalue weighted by atomic mass is 10.00. The SMILES string of the molecule is CCOCC(CNCCOC)c1ccc(Br)cc1. The number of nitrogens with one attached hydrogen (secondary N) is 1. The molecule has 0 aliphatic rings. The third-order valence-corrected chi connectivity index (χ3v) is 3.27. The molecular formula is C14H22BrNO2. The minimum absolute atomic E-state index is 0.384. The molecule has 4 heteroatoms. The van der Waals surface area contributed by atoms with Crippen LogP contribution in [0.3, 0.4) is 0 Å². The summed E-state index contributed by atoms with van der Waals surface area (Å²) in [6.45, 7) is 6.04. The molecule has 1 unspecified atom stereocenters. The lowest BCUT2D eigenvalue weighted by Gasteiger charge is -2.18. The first kappa shape index (κ1) is 15.6. The van der Waals surface area contributed by atoms with Gasteiger partial charge in [0.1, 0.15) is 0 Å². The van der Waals surface area contributed by atoms with E-state index in [0.29, 0.717) is 5.92 Å². The number of benzene rings is 1. The van der Waals surface area contributed by atoms with Gasteiger partial charge in [0, 0.05) is 37.2 Å². The Balaban J connectivity index is 2.51. The summed E-state index contributed by atoms with van der Waals surface area (Å²) in [5.41, 5.74) is 1.30. The van der Waals surface area contributed by atoms with Gasteiger partial charge in [-0.3, -0.25) is 0 Å². The van der Waals surface area contributed by atoms with E-state index < -0.39 is 0 Å². The molecule has 1 N–H and O–H groups in total. The lowest BCUT2D eigenvalue weighted by Crippen LogP contribution is -2.27. The Morgan fingerprint density at radius 2 is 2.00 bits per heavy atom. The Morgan fingerprint density at radius 1 is 1.28 bits per heavy atom. The van der Waals surface area contributed by atoms with Crippen molar-refractivity contribution in [2.75, 3.05) is 40.0 Å². The average molecular weight is 316 g/mol. The summed E-state index contributed by atoms with van der Waals surface area (Å²) in [5.74, 6) is 0.384. The van der Waals surface area contributed by atoms with E-state index >= 15 is 0 Å². The zero-order valence-electron chi connectivity index (χ0n) is 11.1. The van der Waals surface area contributed by atoms with Crippen molar-refractivity contribution in [2.24, 2.45) is 0 Å². The van der Waals surface area contributed by atoms with Crippen molar-refractivity contribution in [1.82, 2.24) is 5.32 Å². The molecule has 1 rings (SSSR count). The van der Waals surface area contributed by atoms with Crippen LogP contribution in [0, 0.1) is 0 Å². The van der Waals surface area contributed by atoms with Crippen molar-refractivity contribution in [1.29, 1.82) is 0 Å². The summed E-state index contributed by atoms with van der Waals surface area (Å²) >= 11 is 3.46. The largest absolute Gasteiger partial charge is 0.383 e. The molecule has 0 radical (unpaired) electrons. The summed E-state index contributed by atoms with van der Waals surface area (Å²) in [7, 11) is 1.72. The van der Waals surface area contributed by atoms with E-state index in [0.717, 1.165) is 37.4 Å². The molecule has 1 aromatic carbocycles. The van der Waals surface area contributed by atoms with Crippen LogP contribution < -0.4 is 5.32 Å². The predicted molar refractivity (Wildman–Crippen MR) is 78.1 cm³/mol.